The van der Waals surface area contributed by atoms with E-state index in [0.29, 0.717) is 5.56 Å². The van der Waals surface area contributed by atoms with E-state index in [2.05, 4.69) is 0 Å². The van der Waals surface area contributed by atoms with Crippen molar-refractivity contribution >= 4 is 6.08 Å². The van der Waals surface area contributed by atoms with Crippen LogP contribution in [0, 0.1) is 0 Å². The minimum Gasteiger partial charge on any atom is -0.508 e. The van der Waals surface area contributed by atoms with Gasteiger partial charge >= 0.3 is 0 Å². The van der Waals surface area contributed by atoms with Gasteiger partial charge in [-0.1, -0.05) is 12.2 Å². The highest BCUT2D eigenvalue weighted by molar-refractivity contribution is 5.60. The van der Waals surface area contributed by atoms with Gasteiger partial charge in [0.15, 0.2) is 0 Å². The van der Waals surface area contributed by atoms with Gasteiger partial charge in [-0.3, -0.25) is 0 Å². The van der Waals surface area contributed by atoms with Crippen molar-refractivity contribution in [1.29, 1.82) is 0 Å². The van der Waals surface area contributed by atoms with E-state index in [-0.39, 0.29) is 28.6 Å². The Labute approximate surface area is 115 Å². The standard InChI is InChI=1S/C15H14O5/c16-10-2-5-13(18)9(7-10)1-4-14(19)12-8-11(17)3-6-15(12)20/h1-8,14,16-20H/b4-1+. The van der Waals surface area contributed by atoms with Gasteiger partial charge in [-0.05, 0) is 36.4 Å². The summed E-state index contributed by atoms with van der Waals surface area (Å²) in [5.74, 6) is -0.297. The van der Waals surface area contributed by atoms with Crippen LogP contribution in [0.25, 0.3) is 6.08 Å². The van der Waals surface area contributed by atoms with Crippen molar-refractivity contribution in [3.8, 4) is 23.0 Å². The molecule has 1 atom stereocenters. The van der Waals surface area contributed by atoms with Gasteiger partial charge < -0.3 is 25.5 Å². The fourth-order valence-electron chi connectivity index (χ4n) is 1.75. The van der Waals surface area contributed by atoms with E-state index in [4.69, 9.17) is 0 Å². The summed E-state index contributed by atoms with van der Waals surface area (Å²) < 4.78 is 0. The summed E-state index contributed by atoms with van der Waals surface area (Å²) in [7, 11) is 0. The molecule has 0 aliphatic carbocycles. The number of aliphatic hydroxyl groups excluding tert-OH is 1. The van der Waals surface area contributed by atoms with Crippen molar-refractivity contribution in [2.75, 3.05) is 0 Å². The Balaban J connectivity index is 2.26. The molecular formula is C15H14O5. The SMILES string of the molecule is Oc1ccc(O)c(/C=C/C(O)c2cc(O)ccc2O)c1. The minimum atomic E-state index is -1.16. The van der Waals surface area contributed by atoms with Crippen molar-refractivity contribution in [2.24, 2.45) is 0 Å². The number of phenols is 4. The van der Waals surface area contributed by atoms with Gasteiger partial charge in [-0.15, -0.1) is 0 Å². The second kappa shape index (κ2) is 5.54. The highest BCUT2D eigenvalue weighted by Gasteiger charge is 2.10. The van der Waals surface area contributed by atoms with Gasteiger partial charge in [-0.25, -0.2) is 0 Å². The second-order valence-electron chi connectivity index (χ2n) is 4.29. The summed E-state index contributed by atoms with van der Waals surface area (Å²) in [4.78, 5) is 0. The molecule has 2 aromatic carbocycles. The molecule has 20 heavy (non-hydrogen) atoms. The fourth-order valence-corrected chi connectivity index (χ4v) is 1.75. The van der Waals surface area contributed by atoms with Crippen molar-refractivity contribution in [1.82, 2.24) is 0 Å². The number of aliphatic hydroxyl groups is 1. The third kappa shape index (κ3) is 3.02. The molecule has 1 unspecified atom stereocenters. The van der Waals surface area contributed by atoms with Gasteiger partial charge in [-0.2, -0.15) is 0 Å². The van der Waals surface area contributed by atoms with E-state index >= 15 is 0 Å². The van der Waals surface area contributed by atoms with Gasteiger partial charge in [0.05, 0.1) is 0 Å². The van der Waals surface area contributed by atoms with Crippen LogP contribution >= 0.6 is 0 Å². The maximum absolute atomic E-state index is 9.95. The Kier molecular flexibility index (Phi) is 3.81. The summed E-state index contributed by atoms with van der Waals surface area (Å²) in [6, 6.07) is 7.81. The van der Waals surface area contributed by atoms with E-state index in [9.17, 15) is 25.5 Å². The van der Waals surface area contributed by atoms with Crippen molar-refractivity contribution in [3.63, 3.8) is 0 Å². The molecule has 2 rings (SSSR count). The molecule has 0 heterocycles. The van der Waals surface area contributed by atoms with Crippen LogP contribution in [0.2, 0.25) is 0 Å². The topological polar surface area (TPSA) is 101 Å². The number of aromatic hydroxyl groups is 4. The maximum Gasteiger partial charge on any atom is 0.123 e. The zero-order chi connectivity index (χ0) is 14.7. The molecule has 0 aliphatic rings. The molecular weight excluding hydrogens is 260 g/mol. The molecule has 0 fully saturated rings. The highest BCUT2D eigenvalue weighted by Crippen LogP contribution is 2.30. The van der Waals surface area contributed by atoms with Crippen LogP contribution in [-0.2, 0) is 0 Å². The van der Waals surface area contributed by atoms with Crippen LogP contribution in [0.5, 0.6) is 23.0 Å². The van der Waals surface area contributed by atoms with Crippen molar-refractivity contribution in [3.05, 3.63) is 53.6 Å². The lowest BCUT2D eigenvalue weighted by molar-refractivity contribution is 0.224. The molecule has 5 nitrogen and oxygen atoms in total. The average molecular weight is 274 g/mol. The maximum atomic E-state index is 9.95. The van der Waals surface area contributed by atoms with E-state index in [1.165, 1.54) is 48.6 Å². The molecule has 5 N–H and O–H groups in total. The summed E-state index contributed by atoms with van der Waals surface area (Å²) >= 11 is 0. The Morgan fingerprint density at radius 3 is 2.10 bits per heavy atom. The lowest BCUT2D eigenvalue weighted by Crippen LogP contribution is -1.93. The largest absolute Gasteiger partial charge is 0.508 e. The number of phenolic OH excluding ortho intramolecular Hbond substituents is 4. The van der Waals surface area contributed by atoms with Crippen LogP contribution in [-0.4, -0.2) is 25.5 Å². The normalized spacial score (nSPS) is 12.7. The molecule has 0 bridgehead atoms. The first-order valence-corrected chi connectivity index (χ1v) is 5.87. The lowest BCUT2D eigenvalue weighted by atomic mass is 10.1. The van der Waals surface area contributed by atoms with Crippen LogP contribution in [0.1, 0.15) is 17.2 Å². The van der Waals surface area contributed by atoms with Crippen LogP contribution < -0.4 is 0 Å². The quantitative estimate of drug-likeness (QED) is 0.553. The highest BCUT2D eigenvalue weighted by atomic mass is 16.3. The molecule has 104 valence electrons. The Hall–Kier alpha value is -2.66. The Morgan fingerprint density at radius 1 is 0.800 bits per heavy atom. The van der Waals surface area contributed by atoms with Crippen LogP contribution in [0.15, 0.2) is 42.5 Å². The second-order valence-corrected chi connectivity index (χ2v) is 4.29. The fraction of sp³-hybridized carbons (Fsp3) is 0.0667. The first kappa shape index (κ1) is 13.8. The van der Waals surface area contributed by atoms with Crippen LogP contribution in [0.4, 0.5) is 0 Å². The zero-order valence-corrected chi connectivity index (χ0v) is 10.4. The molecule has 0 saturated carbocycles. The van der Waals surface area contributed by atoms with E-state index in [1.54, 1.807) is 0 Å². The van der Waals surface area contributed by atoms with E-state index in [0.717, 1.165) is 0 Å². The smallest absolute Gasteiger partial charge is 0.123 e. The van der Waals surface area contributed by atoms with Gasteiger partial charge in [0.25, 0.3) is 0 Å². The van der Waals surface area contributed by atoms with E-state index < -0.39 is 6.10 Å². The average Bonchev–Trinajstić information content (AvgIpc) is 2.42. The molecule has 0 aromatic heterocycles. The molecule has 0 radical (unpaired) electrons. The van der Waals surface area contributed by atoms with E-state index in [1.807, 2.05) is 0 Å². The number of rotatable bonds is 3. The summed E-state index contributed by atoms with van der Waals surface area (Å²) in [6.07, 6.45) is 1.57. The molecule has 5 heteroatoms. The molecule has 0 amide bonds. The third-order valence-corrected chi connectivity index (χ3v) is 2.80. The molecule has 2 aromatic rings. The van der Waals surface area contributed by atoms with Gasteiger partial charge in [0, 0.05) is 11.1 Å². The summed E-state index contributed by atoms with van der Waals surface area (Å²) in [5, 5.41) is 47.8. The summed E-state index contributed by atoms with van der Waals surface area (Å²) in [6.45, 7) is 0. The minimum absolute atomic E-state index is 0.0165. The zero-order valence-electron chi connectivity index (χ0n) is 10.4. The van der Waals surface area contributed by atoms with Crippen molar-refractivity contribution < 1.29 is 25.5 Å². The predicted molar refractivity (Wildman–Crippen MR) is 73.5 cm³/mol. The lowest BCUT2D eigenvalue weighted by Gasteiger charge is -2.09. The molecule has 0 aliphatic heterocycles. The first-order valence-electron chi connectivity index (χ1n) is 5.87. The van der Waals surface area contributed by atoms with Crippen LogP contribution in [0.3, 0.4) is 0 Å². The number of hydrogen-bond donors (Lipinski definition) is 5. The molecule has 0 saturated heterocycles. The van der Waals surface area contributed by atoms with Gasteiger partial charge in [0.2, 0.25) is 0 Å². The Morgan fingerprint density at radius 2 is 1.40 bits per heavy atom. The monoisotopic (exact) mass is 274 g/mol. The van der Waals surface area contributed by atoms with Gasteiger partial charge in [0.1, 0.15) is 29.1 Å². The molecule has 0 spiro atoms. The third-order valence-electron chi connectivity index (χ3n) is 2.80. The Bertz CT molecular complexity index is 649. The van der Waals surface area contributed by atoms with Crippen molar-refractivity contribution in [2.45, 2.75) is 6.10 Å². The number of hydrogen-bond acceptors (Lipinski definition) is 5. The summed E-state index contributed by atoms with van der Waals surface area (Å²) in [5.41, 5.74) is 0.463. The number of benzene rings is 2. The first-order chi connectivity index (χ1) is 9.47. The predicted octanol–water partition coefficient (Wildman–Crippen LogP) is 2.26.